The van der Waals surface area contributed by atoms with Crippen LogP contribution in [0.15, 0.2) is 12.1 Å². The van der Waals surface area contributed by atoms with Crippen LogP contribution in [0.3, 0.4) is 0 Å². The monoisotopic (exact) mass is 412 g/mol. The van der Waals surface area contributed by atoms with Gasteiger partial charge in [-0.1, -0.05) is 0 Å². The van der Waals surface area contributed by atoms with Crippen LogP contribution in [-0.4, -0.2) is 68.8 Å². The Bertz CT molecular complexity index is 815. The topological polar surface area (TPSA) is 96.4 Å². The predicted octanol–water partition coefficient (Wildman–Crippen LogP) is 2.13. The number of carbonyl (C=O) groups is 1. The van der Waals surface area contributed by atoms with Crippen LogP contribution < -0.4 is 4.90 Å². The van der Waals surface area contributed by atoms with Crippen molar-refractivity contribution < 1.29 is 27.8 Å². The smallest absolute Gasteiger partial charge is 0.411 e. The number of aryl methyl sites for hydroxylation is 2. The number of carboxylic acid groups (broad SMARTS) is 1. The quantitative estimate of drug-likeness (QED) is 0.796. The van der Waals surface area contributed by atoms with Gasteiger partial charge in [-0.3, -0.25) is 4.90 Å². The highest BCUT2D eigenvalue weighted by Crippen LogP contribution is 2.32. The van der Waals surface area contributed by atoms with Gasteiger partial charge in [-0.25, -0.2) is 17.5 Å². The van der Waals surface area contributed by atoms with E-state index < -0.39 is 21.9 Å². The summed E-state index contributed by atoms with van der Waals surface area (Å²) < 4.78 is 38.5. The lowest BCUT2D eigenvalue weighted by Gasteiger charge is -2.36. The second-order valence-corrected chi connectivity index (χ2v) is 9.56. The maximum Gasteiger partial charge on any atom is 0.411 e. The minimum Gasteiger partial charge on any atom is -0.465 e. The van der Waals surface area contributed by atoms with Crippen LogP contribution in [0.4, 0.5) is 10.5 Å². The third-order valence-corrected chi connectivity index (χ3v) is 7.53. The zero-order chi connectivity index (χ0) is 20.5. The molecule has 2 saturated heterocycles. The maximum absolute atomic E-state index is 12.8. The SMILES string of the molecule is Cc1cc(N(C)C(=O)O)cc(C)c1CCS(=O)(=O)N1CCC2(CC1)OCCO2. The van der Waals surface area contributed by atoms with Crippen molar-refractivity contribution in [3.63, 3.8) is 0 Å². The average molecular weight is 413 g/mol. The highest BCUT2D eigenvalue weighted by Gasteiger charge is 2.42. The van der Waals surface area contributed by atoms with Gasteiger partial charge in [-0.2, -0.15) is 0 Å². The van der Waals surface area contributed by atoms with Crippen molar-refractivity contribution in [2.24, 2.45) is 0 Å². The molecule has 1 amide bonds. The lowest BCUT2D eigenvalue weighted by molar-refractivity contribution is -0.179. The van der Waals surface area contributed by atoms with Gasteiger partial charge in [-0.15, -0.1) is 0 Å². The minimum absolute atomic E-state index is 0.0253. The molecule has 9 heteroatoms. The van der Waals surface area contributed by atoms with Gasteiger partial charge >= 0.3 is 6.09 Å². The largest absolute Gasteiger partial charge is 0.465 e. The van der Waals surface area contributed by atoms with Crippen molar-refractivity contribution in [2.45, 2.75) is 38.9 Å². The molecule has 8 nitrogen and oxygen atoms in total. The summed E-state index contributed by atoms with van der Waals surface area (Å²) in [6.45, 7) is 5.71. The van der Waals surface area contributed by atoms with E-state index in [1.54, 1.807) is 12.1 Å². The van der Waals surface area contributed by atoms with E-state index in [2.05, 4.69) is 0 Å². The van der Waals surface area contributed by atoms with Gasteiger partial charge in [0, 0.05) is 38.7 Å². The molecule has 1 N–H and O–H groups in total. The number of nitrogens with zero attached hydrogens (tertiary/aromatic N) is 2. The van der Waals surface area contributed by atoms with E-state index in [-0.39, 0.29) is 5.75 Å². The second kappa shape index (κ2) is 7.98. The van der Waals surface area contributed by atoms with Crippen molar-refractivity contribution >= 4 is 21.8 Å². The number of sulfonamides is 1. The summed E-state index contributed by atoms with van der Waals surface area (Å²) in [5.74, 6) is -0.567. The first-order valence-electron chi connectivity index (χ1n) is 9.46. The van der Waals surface area contributed by atoms with Crippen molar-refractivity contribution in [3.05, 3.63) is 28.8 Å². The highest BCUT2D eigenvalue weighted by atomic mass is 32.2. The molecule has 0 aliphatic carbocycles. The number of piperidine rings is 1. The number of hydrogen-bond donors (Lipinski definition) is 1. The Labute approximate surface area is 166 Å². The lowest BCUT2D eigenvalue weighted by Crippen LogP contribution is -2.48. The van der Waals surface area contributed by atoms with Gasteiger partial charge in [-0.05, 0) is 49.1 Å². The Morgan fingerprint density at radius 2 is 1.71 bits per heavy atom. The van der Waals surface area contributed by atoms with Crippen molar-refractivity contribution in [2.75, 3.05) is 44.0 Å². The van der Waals surface area contributed by atoms with E-state index in [0.29, 0.717) is 51.3 Å². The zero-order valence-corrected chi connectivity index (χ0v) is 17.4. The molecule has 2 fully saturated rings. The average Bonchev–Trinajstić information content (AvgIpc) is 3.08. The van der Waals surface area contributed by atoms with Gasteiger partial charge in [0.2, 0.25) is 10.0 Å². The third kappa shape index (κ3) is 4.32. The molecule has 0 saturated carbocycles. The molecule has 0 bridgehead atoms. The molecule has 2 aliphatic heterocycles. The van der Waals surface area contributed by atoms with E-state index in [1.165, 1.54) is 11.4 Å². The molecule has 1 spiro atoms. The van der Waals surface area contributed by atoms with Crippen LogP contribution in [0, 0.1) is 13.8 Å². The van der Waals surface area contributed by atoms with E-state index in [0.717, 1.165) is 21.6 Å². The van der Waals surface area contributed by atoms with Gasteiger partial charge in [0.1, 0.15) is 0 Å². The van der Waals surface area contributed by atoms with Crippen LogP contribution in [0.25, 0.3) is 0 Å². The summed E-state index contributed by atoms with van der Waals surface area (Å²) in [4.78, 5) is 12.3. The number of amides is 1. The highest BCUT2D eigenvalue weighted by molar-refractivity contribution is 7.89. The van der Waals surface area contributed by atoms with Crippen molar-refractivity contribution in [1.29, 1.82) is 0 Å². The number of benzene rings is 1. The van der Waals surface area contributed by atoms with E-state index in [4.69, 9.17) is 14.6 Å². The van der Waals surface area contributed by atoms with Crippen LogP contribution in [-0.2, 0) is 25.9 Å². The first-order chi connectivity index (χ1) is 13.1. The number of anilines is 1. The molecule has 3 rings (SSSR count). The predicted molar refractivity (Wildman–Crippen MR) is 105 cm³/mol. The summed E-state index contributed by atoms with van der Waals surface area (Å²) in [7, 11) is -1.90. The van der Waals surface area contributed by atoms with E-state index in [1.807, 2.05) is 13.8 Å². The Balaban J connectivity index is 1.65. The van der Waals surface area contributed by atoms with Gasteiger partial charge in [0.25, 0.3) is 0 Å². The van der Waals surface area contributed by atoms with Gasteiger partial charge < -0.3 is 14.6 Å². The third-order valence-electron chi connectivity index (χ3n) is 5.66. The van der Waals surface area contributed by atoms with E-state index >= 15 is 0 Å². The summed E-state index contributed by atoms with van der Waals surface area (Å²) in [5, 5.41) is 9.14. The molecule has 1 aromatic carbocycles. The summed E-state index contributed by atoms with van der Waals surface area (Å²) >= 11 is 0. The Morgan fingerprint density at radius 3 is 2.21 bits per heavy atom. The maximum atomic E-state index is 12.8. The molecular formula is C19H28N2O6S. The molecule has 1 aromatic rings. The molecular weight excluding hydrogens is 384 g/mol. The number of rotatable bonds is 5. The second-order valence-electron chi connectivity index (χ2n) is 7.47. The molecule has 2 aliphatic rings. The Morgan fingerprint density at radius 1 is 1.18 bits per heavy atom. The first kappa shape index (κ1) is 21.0. The molecule has 0 aromatic heterocycles. The molecule has 2 heterocycles. The summed E-state index contributed by atoms with van der Waals surface area (Å²) in [6, 6.07) is 3.56. The van der Waals surface area contributed by atoms with Crippen LogP contribution >= 0.6 is 0 Å². The normalized spacial score (nSPS) is 19.8. The van der Waals surface area contributed by atoms with Crippen molar-refractivity contribution in [3.8, 4) is 0 Å². The Kier molecular flexibility index (Phi) is 6.00. The first-order valence-corrected chi connectivity index (χ1v) is 11.1. The zero-order valence-electron chi connectivity index (χ0n) is 16.6. The number of ether oxygens (including phenoxy) is 2. The van der Waals surface area contributed by atoms with E-state index in [9.17, 15) is 13.2 Å². The standard InChI is InChI=1S/C19H28N2O6S/c1-14-12-16(20(3)18(22)23)13-15(2)17(14)4-11-28(24,25)21-7-5-19(6-8-21)26-9-10-27-19/h12-13H,4-11H2,1-3H3,(H,22,23). The minimum atomic E-state index is -3.38. The molecule has 156 valence electrons. The molecule has 28 heavy (non-hydrogen) atoms. The number of hydrogen-bond acceptors (Lipinski definition) is 5. The van der Waals surface area contributed by atoms with Gasteiger partial charge in [0.15, 0.2) is 5.79 Å². The molecule has 0 atom stereocenters. The molecule has 0 radical (unpaired) electrons. The van der Waals surface area contributed by atoms with Gasteiger partial charge in [0.05, 0.1) is 19.0 Å². The molecule has 0 unspecified atom stereocenters. The van der Waals surface area contributed by atoms with Crippen molar-refractivity contribution in [1.82, 2.24) is 4.31 Å². The van der Waals surface area contributed by atoms with Crippen LogP contribution in [0.5, 0.6) is 0 Å². The fourth-order valence-corrected chi connectivity index (χ4v) is 5.38. The van der Waals surface area contributed by atoms with Crippen LogP contribution in [0.2, 0.25) is 0 Å². The summed E-state index contributed by atoms with van der Waals surface area (Å²) in [5.41, 5.74) is 3.31. The fraction of sp³-hybridized carbons (Fsp3) is 0.632. The Hall–Kier alpha value is -1.68. The lowest BCUT2D eigenvalue weighted by atomic mass is 9.99. The fourth-order valence-electron chi connectivity index (χ4n) is 3.92. The van der Waals surface area contributed by atoms with Crippen LogP contribution in [0.1, 0.15) is 29.5 Å². The summed E-state index contributed by atoms with van der Waals surface area (Å²) in [6.07, 6.45) is 0.472.